The summed E-state index contributed by atoms with van der Waals surface area (Å²) in [6, 6.07) is 5.70. The second-order valence-electron chi connectivity index (χ2n) is 7.35. The number of carbonyl (C=O) groups excluding carboxylic acids is 1. The summed E-state index contributed by atoms with van der Waals surface area (Å²) < 4.78 is 18.5. The molecule has 3 heterocycles. The molecule has 1 aliphatic carbocycles. The lowest BCUT2D eigenvalue weighted by molar-refractivity contribution is -0.133. The Morgan fingerprint density at radius 2 is 1.90 bits per heavy atom. The van der Waals surface area contributed by atoms with E-state index in [1.807, 2.05) is 4.90 Å². The average Bonchev–Trinajstić information content (AvgIpc) is 3.34. The molecule has 8 heteroatoms. The van der Waals surface area contributed by atoms with Crippen LogP contribution in [0.1, 0.15) is 16.9 Å². The van der Waals surface area contributed by atoms with E-state index in [0.717, 1.165) is 36.6 Å². The molecule has 6 nitrogen and oxygen atoms in total. The predicted molar refractivity (Wildman–Crippen MR) is 110 cm³/mol. The van der Waals surface area contributed by atoms with Gasteiger partial charge in [-0.1, -0.05) is 0 Å². The number of carbonyl (C=O) groups is 1. The SMILES string of the molecule is O=C(COc1ccc(F)cc1)N1CCN(c2ncnc3sc4c(c23)CCC4)CC1. The number of anilines is 1. The number of hydrogen-bond acceptors (Lipinski definition) is 6. The summed E-state index contributed by atoms with van der Waals surface area (Å²) in [4.78, 5) is 28.2. The van der Waals surface area contributed by atoms with E-state index in [1.165, 1.54) is 46.5 Å². The number of benzene rings is 1. The molecule has 150 valence electrons. The second-order valence-corrected chi connectivity index (χ2v) is 8.43. The maximum absolute atomic E-state index is 13.0. The van der Waals surface area contributed by atoms with Gasteiger partial charge in [-0.25, -0.2) is 14.4 Å². The number of nitrogens with zero attached hydrogens (tertiary/aromatic N) is 4. The summed E-state index contributed by atoms with van der Waals surface area (Å²) in [7, 11) is 0. The largest absolute Gasteiger partial charge is 0.484 e. The molecule has 5 rings (SSSR count). The van der Waals surface area contributed by atoms with Gasteiger partial charge >= 0.3 is 0 Å². The molecule has 1 fully saturated rings. The molecule has 0 bridgehead atoms. The zero-order chi connectivity index (χ0) is 19.8. The van der Waals surface area contributed by atoms with Crippen molar-refractivity contribution >= 4 is 33.3 Å². The first-order valence-electron chi connectivity index (χ1n) is 9.85. The number of piperazine rings is 1. The summed E-state index contributed by atoms with van der Waals surface area (Å²) in [6.45, 7) is 2.69. The molecule has 0 atom stereocenters. The minimum Gasteiger partial charge on any atom is -0.484 e. The lowest BCUT2D eigenvalue weighted by atomic mass is 10.1. The summed E-state index contributed by atoms with van der Waals surface area (Å²) in [6.07, 6.45) is 5.11. The van der Waals surface area contributed by atoms with E-state index >= 15 is 0 Å². The molecule has 1 aliphatic heterocycles. The third-order valence-electron chi connectivity index (χ3n) is 5.59. The number of halogens is 1. The number of aryl methyl sites for hydroxylation is 2. The monoisotopic (exact) mass is 412 g/mol. The lowest BCUT2D eigenvalue weighted by Gasteiger charge is -2.35. The maximum Gasteiger partial charge on any atom is 0.260 e. The average molecular weight is 412 g/mol. The number of hydrogen-bond donors (Lipinski definition) is 0. The fourth-order valence-corrected chi connectivity index (χ4v) is 5.31. The minimum absolute atomic E-state index is 0.0403. The van der Waals surface area contributed by atoms with Crippen LogP contribution in [0.5, 0.6) is 5.75 Å². The molecule has 0 N–H and O–H groups in total. The van der Waals surface area contributed by atoms with Crippen molar-refractivity contribution < 1.29 is 13.9 Å². The fourth-order valence-electron chi connectivity index (χ4n) is 4.09. The lowest BCUT2D eigenvalue weighted by Crippen LogP contribution is -2.50. The van der Waals surface area contributed by atoms with Gasteiger partial charge < -0.3 is 14.5 Å². The van der Waals surface area contributed by atoms with Crippen molar-refractivity contribution in [3.8, 4) is 5.75 Å². The van der Waals surface area contributed by atoms with Gasteiger partial charge in [0.15, 0.2) is 6.61 Å². The van der Waals surface area contributed by atoms with Gasteiger partial charge in [0.25, 0.3) is 5.91 Å². The van der Waals surface area contributed by atoms with Crippen LogP contribution in [0.15, 0.2) is 30.6 Å². The number of rotatable bonds is 4. The molecule has 0 unspecified atom stereocenters. The van der Waals surface area contributed by atoms with Crippen LogP contribution in [-0.2, 0) is 17.6 Å². The third-order valence-corrected chi connectivity index (χ3v) is 6.79. The van der Waals surface area contributed by atoms with Crippen LogP contribution in [-0.4, -0.2) is 53.6 Å². The first-order valence-corrected chi connectivity index (χ1v) is 10.7. The van der Waals surface area contributed by atoms with E-state index in [4.69, 9.17) is 4.74 Å². The number of amides is 1. The van der Waals surface area contributed by atoms with Crippen LogP contribution >= 0.6 is 11.3 Å². The Kier molecular flexibility index (Phi) is 4.79. The number of thiophene rings is 1. The quantitative estimate of drug-likeness (QED) is 0.659. The van der Waals surface area contributed by atoms with Gasteiger partial charge in [0.05, 0.1) is 5.39 Å². The molecule has 1 amide bonds. The molecular formula is C21H21FN4O2S. The molecule has 1 aromatic carbocycles. The van der Waals surface area contributed by atoms with E-state index < -0.39 is 0 Å². The molecule has 0 radical (unpaired) electrons. The maximum atomic E-state index is 13.0. The first kappa shape index (κ1) is 18.3. The number of aromatic nitrogens is 2. The predicted octanol–water partition coefficient (Wildman–Crippen LogP) is 3.05. The van der Waals surface area contributed by atoms with Gasteiger partial charge in [-0.3, -0.25) is 4.79 Å². The third kappa shape index (κ3) is 3.53. The molecule has 29 heavy (non-hydrogen) atoms. The summed E-state index contributed by atoms with van der Waals surface area (Å²) >= 11 is 1.79. The van der Waals surface area contributed by atoms with Crippen LogP contribution in [0.2, 0.25) is 0 Å². The van der Waals surface area contributed by atoms with Crippen molar-refractivity contribution in [3.63, 3.8) is 0 Å². The molecule has 1 saturated heterocycles. The van der Waals surface area contributed by atoms with Gasteiger partial charge in [0.2, 0.25) is 0 Å². The van der Waals surface area contributed by atoms with Crippen LogP contribution in [0.3, 0.4) is 0 Å². The van der Waals surface area contributed by atoms with Crippen molar-refractivity contribution in [2.24, 2.45) is 0 Å². The Balaban J connectivity index is 1.23. The van der Waals surface area contributed by atoms with Crippen molar-refractivity contribution in [2.45, 2.75) is 19.3 Å². The topological polar surface area (TPSA) is 58.6 Å². The highest BCUT2D eigenvalue weighted by Gasteiger charge is 2.27. The van der Waals surface area contributed by atoms with Gasteiger partial charge in [-0.05, 0) is 49.1 Å². The highest BCUT2D eigenvalue weighted by molar-refractivity contribution is 7.19. The summed E-state index contributed by atoms with van der Waals surface area (Å²) in [5.74, 6) is 1.12. The number of fused-ring (bicyclic) bond motifs is 3. The fraction of sp³-hybridized carbons (Fsp3) is 0.381. The van der Waals surface area contributed by atoms with Crippen molar-refractivity contribution in [2.75, 3.05) is 37.7 Å². The van der Waals surface area contributed by atoms with Crippen molar-refractivity contribution in [3.05, 3.63) is 46.9 Å². The van der Waals surface area contributed by atoms with E-state index in [1.54, 1.807) is 17.7 Å². The molecule has 0 saturated carbocycles. The Morgan fingerprint density at radius 3 is 2.69 bits per heavy atom. The zero-order valence-corrected chi connectivity index (χ0v) is 16.8. The zero-order valence-electron chi connectivity index (χ0n) is 15.9. The molecule has 2 aliphatic rings. The van der Waals surface area contributed by atoms with Crippen molar-refractivity contribution in [1.82, 2.24) is 14.9 Å². The Bertz CT molecular complexity index is 1040. The Labute approximate surface area is 171 Å². The molecular weight excluding hydrogens is 391 g/mol. The minimum atomic E-state index is -0.324. The Hall–Kier alpha value is -2.74. The van der Waals surface area contributed by atoms with E-state index in [0.29, 0.717) is 18.8 Å². The van der Waals surface area contributed by atoms with Gasteiger partial charge in [0, 0.05) is 31.1 Å². The van der Waals surface area contributed by atoms with Crippen LogP contribution < -0.4 is 9.64 Å². The van der Waals surface area contributed by atoms with Crippen molar-refractivity contribution in [1.29, 1.82) is 0 Å². The highest BCUT2D eigenvalue weighted by atomic mass is 32.1. The van der Waals surface area contributed by atoms with E-state index in [9.17, 15) is 9.18 Å². The normalized spacial score (nSPS) is 16.3. The molecule has 3 aromatic rings. The van der Waals surface area contributed by atoms with Crippen LogP contribution in [0.25, 0.3) is 10.2 Å². The van der Waals surface area contributed by atoms with E-state index in [2.05, 4.69) is 14.9 Å². The van der Waals surface area contributed by atoms with Gasteiger partial charge in [-0.15, -0.1) is 11.3 Å². The molecule has 2 aromatic heterocycles. The highest BCUT2D eigenvalue weighted by Crippen LogP contribution is 2.40. The van der Waals surface area contributed by atoms with Crippen LogP contribution in [0.4, 0.5) is 10.2 Å². The second kappa shape index (κ2) is 7.59. The van der Waals surface area contributed by atoms with Gasteiger partial charge in [0.1, 0.15) is 28.5 Å². The van der Waals surface area contributed by atoms with Crippen LogP contribution in [0, 0.1) is 5.82 Å². The van der Waals surface area contributed by atoms with Gasteiger partial charge in [-0.2, -0.15) is 0 Å². The first-order chi connectivity index (χ1) is 14.2. The molecule has 0 spiro atoms. The smallest absolute Gasteiger partial charge is 0.260 e. The standard InChI is InChI=1S/C21H21FN4O2S/c22-14-4-6-15(7-5-14)28-12-18(27)25-8-10-26(11-9-25)20-19-16-2-1-3-17(16)29-21(19)24-13-23-20/h4-7,13H,1-3,8-12H2. The Morgan fingerprint density at radius 1 is 1.10 bits per heavy atom. The summed E-state index contributed by atoms with van der Waals surface area (Å²) in [5, 5.41) is 1.21. The summed E-state index contributed by atoms with van der Waals surface area (Å²) in [5.41, 5.74) is 1.42. The number of ether oxygens (including phenoxy) is 1. The van der Waals surface area contributed by atoms with E-state index in [-0.39, 0.29) is 18.3 Å².